The molecule has 0 radical (unpaired) electrons. The molecule has 0 aliphatic rings. The normalized spacial score (nSPS) is 13.5. The first-order valence-corrected chi connectivity index (χ1v) is 4.35. The van der Waals surface area contributed by atoms with Crippen molar-refractivity contribution in [1.82, 2.24) is 0 Å². The van der Waals surface area contributed by atoms with Crippen LogP contribution < -0.4 is 0 Å². The molecule has 0 atom stereocenters. The van der Waals surface area contributed by atoms with Gasteiger partial charge in [-0.1, -0.05) is 41.5 Å². The van der Waals surface area contributed by atoms with Crippen LogP contribution >= 0.6 is 12.5 Å². The first-order chi connectivity index (χ1) is 4.15. The summed E-state index contributed by atoms with van der Waals surface area (Å²) in [6.07, 6.45) is 0. The Kier molecular flexibility index (Phi) is 2.92. The van der Waals surface area contributed by atoms with Gasteiger partial charge in [-0.25, -0.2) is 12.5 Å². The molecule has 0 bridgehead atoms. The van der Waals surface area contributed by atoms with Crippen molar-refractivity contribution in [2.75, 3.05) is 0 Å². The fraction of sp³-hybridized carbons (Fsp3) is 1.00. The topological polar surface area (TPSA) is 0 Å². The smallest absolute Gasteiger partial charge is 0.216 e. The molecule has 0 saturated carbocycles. The second-order valence-electron chi connectivity index (χ2n) is 5.13. The van der Waals surface area contributed by atoms with Crippen molar-refractivity contribution in [1.29, 1.82) is 0 Å². The molecule has 0 aromatic carbocycles. The minimum atomic E-state index is 0.307. The lowest BCUT2D eigenvalue weighted by Crippen LogP contribution is -2.29. The fourth-order valence-corrected chi connectivity index (χ4v) is 1.30. The number of rotatable bonds is 0. The van der Waals surface area contributed by atoms with E-state index in [9.17, 15) is 0 Å². The Bertz CT molecular complexity index is 93.4. The summed E-state index contributed by atoms with van der Waals surface area (Å²) in [7, 11) is 0. The van der Waals surface area contributed by atoms with Crippen molar-refractivity contribution in [2.45, 2.75) is 52.2 Å². The van der Waals surface area contributed by atoms with Gasteiger partial charge in [0.15, 0.2) is 0 Å². The van der Waals surface area contributed by atoms with Gasteiger partial charge < -0.3 is 0 Å². The van der Waals surface area contributed by atoms with Gasteiger partial charge in [-0.3, -0.25) is 0 Å². The maximum absolute atomic E-state index is 4.59. The highest BCUT2D eigenvalue weighted by Gasteiger charge is 2.35. The third-order valence-electron chi connectivity index (χ3n) is 1.64. The monoisotopic (exact) mass is 158 g/mol. The molecular weight excluding hydrogens is 139 g/mol. The van der Waals surface area contributed by atoms with Crippen LogP contribution in [-0.4, -0.2) is 5.99 Å². The zero-order chi connectivity index (χ0) is 8.58. The lowest BCUT2D eigenvalue weighted by atomic mass is 9.40. The molecule has 0 unspecified atom stereocenters. The first kappa shape index (κ1) is 10.4. The minimum absolute atomic E-state index is 0.307. The van der Waals surface area contributed by atoms with E-state index in [-0.39, 0.29) is 0 Å². The molecule has 0 heterocycles. The molecule has 0 amide bonds. The van der Waals surface area contributed by atoms with E-state index in [1.54, 1.807) is 0 Å². The van der Waals surface area contributed by atoms with Crippen molar-refractivity contribution in [2.24, 2.45) is 0 Å². The maximum Gasteiger partial charge on any atom is 0.216 e. The summed E-state index contributed by atoms with van der Waals surface area (Å²) in [5.41, 5.74) is 0. The number of thiol groups is 1. The summed E-state index contributed by atoms with van der Waals surface area (Å²) in [4.78, 5) is 0. The Morgan fingerprint density at radius 3 is 1.00 bits per heavy atom. The number of hydrogen-bond acceptors (Lipinski definition) is 1. The summed E-state index contributed by atoms with van der Waals surface area (Å²) < 4.78 is 0. The van der Waals surface area contributed by atoms with Crippen molar-refractivity contribution in [3.05, 3.63) is 0 Å². The quantitative estimate of drug-likeness (QED) is 0.404. The average molecular weight is 158 g/mol. The van der Waals surface area contributed by atoms with E-state index in [2.05, 4.69) is 54.0 Å². The van der Waals surface area contributed by atoms with Crippen LogP contribution in [-0.2, 0) is 0 Å². The van der Waals surface area contributed by atoms with Crippen molar-refractivity contribution < 1.29 is 0 Å². The molecule has 2 heteroatoms. The lowest BCUT2D eigenvalue weighted by molar-refractivity contribution is 0.662. The highest BCUT2D eigenvalue weighted by Crippen LogP contribution is 2.43. The molecule has 10 heavy (non-hydrogen) atoms. The van der Waals surface area contributed by atoms with Crippen molar-refractivity contribution in [3.8, 4) is 0 Å². The van der Waals surface area contributed by atoms with Crippen LogP contribution in [0.25, 0.3) is 0 Å². The Balaban J connectivity index is 4.23. The van der Waals surface area contributed by atoms with Gasteiger partial charge in [0, 0.05) is 0 Å². The van der Waals surface area contributed by atoms with Gasteiger partial charge in [-0.2, -0.15) is 0 Å². The third kappa shape index (κ3) is 3.00. The van der Waals surface area contributed by atoms with Crippen LogP contribution in [0.3, 0.4) is 0 Å². The fourth-order valence-electron chi connectivity index (χ4n) is 1.30. The Morgan fingerprint density at radius 2 is 1.00 bits per heavy atom. The Hall–Kier alpha value is 0.415. The van der Waals surface area contributed by atoms with Gasteiger partial charge >= 0.3 is 0 Å². The van der Waals surface area contributed by atoms with Gasteiger partial charge in [0.25, 0.3) is 0 Å². The molecule has 0 rings (SSSR count). The summed E-state index contributed by atoms with van der Waals surface area (Å²) >= 11 is 4.59. The molecule has 0 spiro atoms. The van der Waals surface area contributed by atoms with Gasteiger partial charge in [-0.05, 0) is 10.6 Å². The summed E-state index contributed by atoms with van der Waals surface area (Å²) in [6, 6.07) is 0. The highest BCUT2D eigenvalue weighted by molar-refractivity contribution is 8.11. The molecule has 0 N–H and O–H groups in total. The van der Waals surface area contributed by atoms with E-state index in [1.807, 2.05) is 0 Å². The number of hydrogen-bond donors (Lipinski definition) is 1. The van der Waals surface area contributed by atoms with Gasteiger partial charge in [-0.15, -0.1) is 0 Å². The predicted molar refractivity (Wildman–Crippen MR) is 54.2 cm³/mol. The summed E-state index contributed by atoms with van der Waals surface area (Å²) in [5, 5.41) is 0.614. The summed E-state index contributed by atoms with van der Waals surface area (Å²) in [6.45, 7) is 13.4. The van der Waals surface area contributed by atoms with Crippen molar-refractivity contribution >= 4 is 18.5 Å². The Labute approximate surface area is 71.2 Å². The zero-order valence-electron chi connectivity index (χ0n) is 8.02. The molecule has 60 valence electrons. The molecule has 0 fully saturated rings. The second-order valence-corrected chi connectivity index (χ2v) is 5.65. The average Bonchev–Trinajstić information content (AvgIpc) is 1.59. The molecule has 0 nitrogen and oxygen atoms in total. The zero-order valence-corrected chi connectivity index (χ0v) is 8.92. The molecule has 0 aliphatic carbocycles. The first-order valence-electron chi connectivity index (χ1n) is 3.84. The van der Waals surface area contributed by atoms with Crippen LogP contribution in [0.15, 0.2) is 0 Å². The van der Waals surface area contributed by atoms with Gasteiger partial charge in [0.2, 0.25) is 5.99 Å². The van der Waals surface area contributed by atoms with Crippen LogP contribution in [0.2, 0.25) is 10.6 Å². The standard InChI is InChI=1S/C8H19BS/c1-7(2,3)9(10)8(4,5)6/h10H,1-6H3. The molecule has 0 saturated heterocycles. The second kappa shape index (κ2) is 2.81. The van der Waals surface area contributed by atoms with E-state index in [0.29, 0.717) is 16.6 Å². The van der Waals surface area contributed by atoms with E-state index in [0.717, 1.165) is 0 Å². The van der Waals surface area contributed by atoms with Gasteiger partial charge in [0.05, 0.1) is 0 Å². The van der Waals surface area contributed by atoms with Crippen LogP contribution in [0, 0.1) is 0 Å². The van der Waals surface area contributed by atoms with E-state index in [1.165, 1.54) is 0 Å². The SMILES string of the molecule is CC(C)(C)B(S)C(C)(C)C. The Morgan fingerprint density at radius 1 is 0.800 bits per heavy atom. The van der Waals surface area contributed by atoms with E-state index < -0.39 is 0 Å². The van der Waals surface area contributed by atoms with E-state index in [4.69, 9.17) is 0 Å². The lowest BCUT2D eigenvalue weighted by Gasteiger charge is -2.33. The van der Waals surface area contributed by atoms with Crippen LogP contribution in [0.4, 0.5) is 0 Å². The maximum atomic E-state index is 4.59. The largest absolute Gasteiger partial charge is 0.226 e. The van der Waals surface area contributed by atoms with Crippen molar-refractivity contribution in [3.63, 3.8) is 0 Å². The highest BCUT2D eigenvalue weighted by atomic mass is 32.1. The van der Waals surface area contributed by atoms with Gasteiger partial charge in [0.1, 0.15) is 0 Å². The van der Waals surface area contributed by atoms with Crippen LogP contribution in [0.1, 0.15) is 41.5 Å². The van der Waals surface area contributed by atoms with Crippen LogP contribution in [0.5, 0.6) is 0 Å². The molecule has 0 aromatic rings. The van der Waals surface area contributed by atoms with E-state index >= 15 is 0 Å². The molecular formula is C8H19BS. The minimum Gasteiger partial charge on any atom is -0.226 e. The summed E-state index contributed by atoms with van der Waals surface area (Å²) in [5.74, 6) is 0.458. The predicted octanol–water partition coefficient (Wildman–Crippen LogP) is 3.51. The molecule has 0 aromatic heterocycles. The molecule has 0 aliphatic heterocycles. The third-order valence-corrected chi connectivity index (χ3v) is 3.19.